The zero-order chi connectivity index (χ0) is 25.4. The van der Waals surface area contributed by atoms with Crippen molar-refractivity contribution in [1.29, 1.82) is 0 Å². The van der Waals surface area contributed by atoms with Crippen LogP contribution in [0.4, 0.5) is 4.79 Å². The van der Waals surface area contributed by atoms with Gasteiger partial charge < -0.3 is 19.8 Å². The molecule has 0 aliphatic rings. The molecule has 2 aromatic carbocycles. The van der Waals surface area contributed by atoms with Crippen LogP contribution in [0.25, 0.3) is 11.1 Å². The standard InChI is InChI=1S/C28H40ClNO4/c1-6-21-11-9-12-22(19-21)25-23(13-10-14-24(25)29)28(33,15-7-8-18-34-5)16-17-30(26(31)32)20-27(2,3)4/h9-14,19,33H,6-8,15-18,20H2,1-5H3,(H,31,32). The number of aryl methyl sites for hydroxylation is 1. The number of methoxy groups -OCH3 is 1. The number of nitrogens with zero attached hydrogens (tertiary/aromatic N) is 1. The van der Waals surface area contributed by atoms with Gasteiger partial charge in [0.25, 0.3) is 0 Å². The monoisotopic (exact) mass is 489 g/mol. The largest absolute Gasteiger partial charge is 0.465 e. The molecule has 1 unspecified atom stereocenters. The summed E-state index contributed by atoms with van der Waals surface area (Å²) < 4.78 is 5.20. The summed E-state index contributed by atoms with van der Waals surface area (Å²) in [4.78, 5) is 13.4. The number of carboxylic acid groups (broad SMARTS) is 1. The highest BCUT2D eigenvalue weighted by Crippen LogP contribution is 2.41. The van der Waals surface area contributed by atoms with Gasteiger partial charge >= 0.3 is 6.09 Å². The summed E-state index contributed by atoms with van der Waals surface area (Å²) in [6.45, 7) is 9.37. The lowest BCUT2D eigenvalue weighted by molar-refractivity contribution is 0.00449. The molecular weight excluding hydrogens is 450 g/mol. The first-order valence-corrected chi connectivity index (χ1v) is 12.5. The number of halogens is 1. The van der Waals surface area contributed by atoms with Crippen molar-refractivity contribution < 1.29 is 19.7 Å². The molecule has 0 saturated carbocycles. The van der Waals surface area contributed by atoms with Crippen LogP contribution in [0.5, 0.6) is 0 Å². The number of hydrogen-bond donors (Lipinski definition) is 2. The second-order valence-corrected chi connectivity index (χ2v) is 10.6. The fourth-order valence-corrected chi connectivity index (χ4v) is 4.63. The molecule has 2 aromatic rings. The Bertz CT molecular complexity index is 940. The Kier molecular flexibility index (Phi) is 10.4. The van der Waals surface area contributed by atoms with Gasteiger partial charge in [0, 0.05) is 37.4 Å². The first kappa shape index (κ1) is 28.2. The van der Waals surface area contributed by atoms with Crippen LogP contribution in [0.1, 0.15) is 64.5 Å². The third-order valence-corrected chi connectivity index (χ3v) is 6.37. The van der Waals surface area contributed by atoms with E-state index in [9.17, 15) is 15.0 Å². The highest BCUT2D eigenvalue weighted by Gasteiger charge is 2.34. The zero-order valence-corrected chi connectivity index (χ0v) is 22.0. The van der Waals surface area contributed by atoms with Gasteiger partial charge in [-0.2, -0.15) is 0 Å². The van der Waals surface area contributed by atoms with Crippen molar-refractivity contribution in [2.24, 2.45) is 5.41 Å². The Balaban J connectivity index is 2.48. The van der Waals surface area contributed by atoms with Gasteiger partial charge in [0.1, 0.15) is 0 Å². The number of rotatable bonds is 12. The van der Waals surface area contributed by atoms with Gasteiger partial charge in [-0.15, -0.1) is 0 Å². The first-order chi connectivity index (χ1) is 16.0. The number of carbonyl (C=O) groups is 1. The number of amides is 1. The summed E-state index contributed by atoms with van der Waals surface area (Å²) in [6, 6.07) is 13.8. The van der Waals surface area contributed by atoms with Crippen LogP contribution >= 0.6 is 11.6 Å². The second-order valence-electron chi connectivity index (χ2n) is 10.2. The smallest absolute Gasteiger partial charge is 0.407 e. The van der Waals surface area contributed by atoms with E-state index in [0.29, 0.717) is 24.6 Å². The molecule has 34 heavy (non-hydrogen) atoms. The minimum Gasteiger partial charge on any atom is -0.465 e. The van der Waals surface area contributed by atoms with Gasteiger partial charge in [-0.05, 0) is 60.3 Å². The molecule has 1 atom stereocenters. The van der Waals surface area contributed by atoms with Gasteiger partial charge in [0.05, 0.1) is 5.60 Å². The second kappa shape index (κ2) is 12.6. The van der Waals surface area contributed by atoms with E-state index in [1.165, 1.54) is 10.5 Å². The number of benzene rings is 2. The SMILES string of the molecule is CCc1cccc(-c2c(Cl)cccc2C(O)(CCCCOC)CCN(CC(C)(C)C)C(=O)O)c1. The Morgan fingerprint density at radius 1 is 1.09 bits per heavy atom. The third-order valence-electron chi connectivity index (χ3n) is 6.06. The van der Waals surface area contributed by atoms with Crippen molar-refractivity contribution in [2.45, 2.75) is 65.4 Å². The van der Waals surface area contributed by atoms with Crippen LogP contribution in [0.2, 0.25) is 5.02 Å². The molecule has 0 saturated heterocycles. The topological polar surface area (TPSA) is 70.0 Å². The fraction of sp³-hybridized carbons (Fsp3) is 0.536. The maximum atomic E-state index is 12.1. The molecule has 2 N–H and O–H groups in total. The summed E-state index contributed by atoms with van der Waals surface area (Å²) >= 11 is 6.71. The Hall–Kier alpha value is -2.08. The maximum absolute atomic E-state index is 12.1. The van der Waals surface area contributed by atoms with Crippen molar-refractivity contribution >= 4 is 17.7 Å². The van der Waals surface area contributed by atoms with Crippen molar-refractivity contribution in [3.8, 4) is 11.1 Å². The van der Waals surface area contributed by atoms with Crippen LogP contribution in [0.3, 0.4) is 0 Å². The lowest BCUT2D eigenvalue weighted by Gasteiger charge is -2.35. The maximum Gasteiger partial charge on any atom is 0.407 e. The lowest BCUT2D eigenvalue weighted by Crippen LogP contribution is -2.40. The van der Waals surface area contributed by atoms with Crippen LogP contribution in [-0.2, 0) is 16.8 Å². The lowest BCUT2D eigenvalue weighted by atomic mass is 9.80. The molecule has 0 aromatic heterocycles. The molecule has 188 valence electrons. The zero-order valence-electron chi connectivity index (χ0n) is 21.2. The van der Waals surface area contributed by atoms with E-state index in [2.05, 4.69) is 19.1 Å². The van der Waals surface area contributed by atoms with Gasteiger partial charge in [-0.3, -0.25) is 0 Å². The van der Waals surface area contributed by atoms with E-state index in [1.54, 1.807) is 7.11 Å². The van der Waals surface area contributed by atoms with Crippen molar-refractivity contribution in [3.63, 3.8) is 0 Å². The van der Waals surface area contributed by atoms with Crippen LogP contribution in [0, 0.1) is 5.41 Å². The van der Waals surface area contributed by atoms with Gasteiger partial charge in [0.15, 0.2) is 0 Å². The minimum atomic E-state index is -1.23. The number of ether oxygens (including phenoxy) is 1. The third kappa shape index (κ3) is 8.00. The molecule has 0 spiro atoms. The molecular formula is C28H40ClNO4. The molecule has 0 bridgehead atoms. The van der Waals surface area contributed by atoms with Gasteiger partial charge in [-0.1, -0.05) is 75.7 Å². The molecule has 0 aliphatic carbocycles. The predicted octanol–water partition coefficient (Wildman–Crippen LogP) is 6.99. The van der Waals surface area contributed by atoms with E-state index in [-0.39, 0.29) is 18.4 Å². The van der Waals surface area contributed by atoms with Crippen LogP contribution in [0.15, 0.2) is 42.5 Å². The number of unbranched alkanes of at least 4 members (excludes halogenated alkanes) is 1. The summed E-state index contributed by atoms with van der Waals surface area (Å²) in [7, 11) is 1.67. The average Bonchev–Trinajstić information content (AvgIpc) is 2.78. The quantitative estimate of drug-likeness (QED) is 0.315. The normalized spacial score (nSPS) is 13.5. The van der Waals surface area contributed by atoms with Crippen molar-refractivity contribution in [2.75, 3.05) is 26.8 Å². The van der Waals surface area contributed by atoms with E-state index in [4.69, 9.17) is 16.3 Å². The van der Waals surface area contributed by atoms with Gasteiger partial charge in [-0.25, -0.2) is 4.79 Å². The van der Waals surface area contributed by atoms with Crippen LogP contribution in [-0.4, -0.2) is 48.0 Å². The number of hydrogen-bond acceptors (Lipinski definition) is 3. The highest BCUT2D eigenvalue weighted by molar-refractivity contribution is 6.33. The molecule has 2 rings (SSSR count). The highest BCUT2D eigenvalue weighted by atomic mass is 35.5. The summed E-state index contributed by atoms with van der Waals surface area (Å²) in [5.74, 6) is 0. The Labute approximate surface area is 209 Å². The molecule has 0 fully saturated rings. The Morgan fingerprint density at radius 2 is 1.79 bits per heavy atom. The predicted molar refractivity (Wildman–Crippen MR) is 140 cm³/mol. The molecule has 1 amide bonds. The van der Waals surface area contributed by atoms with E-state index >= 15 is 0 Å². The van der Waals surface area contributed by atoms with Crippen molar-refractivity contribution in [1.82, 2.24) is 4.90 Å². The summed E-state index contributed by atoms with van der Waals surface area (Å²) in [5, 5.41) is 22.5. The summed E-state index contributed by atoms with van der Waals surface area (Å²) in [6.07, 6.45) is 2.25. The van der Waals surface area contributed by atoms with Crippen LogP contribution < -0.4 is 0 Å². The van der Waals surface area contributed by atoms with E-state index in [0.717, 1.165) is 36.0 Å². The van der Waals surface area contributed by atoms with E-state index in [1.807, 2.05) is 51.1 Å². The molecule has 6 heteroatoms. The minimum absolute atomic E-state index is 0.184. The van der Waals surface area contributed by atoms with Gasteiger partial charge in [0.2, 0.25) is 0 Å². The first-order valence-electron chi connectivity index (χ1n) is 12.1. The van der Waals surface area contributed by atoms with Crippen molar-refractivity contribution in [3.05, 3.63) is 58.6 Å². The Morgan fingerprint density at radius 3 is 2.41 bits per heavy atom. The molecule has 0 heterocycles. The number of aliphatic hydroxyl groups is 1. The fourth-order valence-electron chi connectivity index (χ4n) is 4.35. The molecule has 0 radical (unpaired) electrons. The summed E-state index contributed by atoms with van der Waals surface area (Å²) in [5.41, 5.74) is 2.28. The molecule has 0 aliphatic heterocycles. The average molecular weight is 490 g/mol. The molecule has 5 nitrogen and oxygen atoms in total. The van der Waals surface area contributed by atoms with E-state index < -0.39 is 11.7 Å².